The van der Waals surface area contributed by atoms with Gasteiger partial charge in [-0.25, -0.2) is 13.1 Å². The maximum absolute atomic E-state index is 13.4. The highest BCUT2D eigenvalue weighted by Gasteiger charge is 2.20. The van der Waals surface area contributed by atoms with Crippen LogP contribution in [0.2, 0.25) is 0 Å². The zero-order valence-electron chi connectivity index (χ0n) is 10.4. The van der Waals surface area contributed by atoms with E-state index in [0.29, 0.717) is 11.8 Å². The Morgan fingerprint density at radius 1 is 1.33 bits per heavy atom. The lowest BCUT2D eigenvalue weighted by Gasteiger charge is -2.06. The molecule has 0 atom stereocenters. The summed E-state index contributed by atoms with van der Waals surface area (Å²) in [4.78, 5) is 9.14. The van der Waals surface area contributed by atoms with Crippen molar-refractivity contribution in [1.29, 1.82) is 0 Å². The largest absolute Gasteiger partial charge is 0.304 e. The molecule has 0 saturated heterocycles. The first-order valence-electron chi connectivity index (χ1n) is 5.60. The number of halogens is 1. The fourth-order valence-corrected chi connectivity index (χ4v) is 2.49. The predicted molar refractivity (Wildman–Crippen MR) is 69.1 cm³/mol. The second kappa shape index (κ2) is 5.89. The highest BCUT2D eigenvalue weighted by atomic mass is 32.2. The first-order valence-corrected chi connectivity index (χ1v) is 7.08. The van der Waals surface area contributed by atoms with E-state index in [0.717, 1.165) is 12.1 Å². The third-order valence-electron chi connectivity index (χ3n) is 2.50. The Morgan fingerprint density at radius 3 is 2.67 bits per heavy atom. The molecule has 0 bridgehead atoms. The molecule has 0 unspecified atom stereocenters. The first kappa shape index (κ1) is 14.9. The molecule has 0 fully saturated rings. The van der Waals surface area contributed by atoms with Crippen LogP contribution in [0.4, 0.5) is 10.1 Å². The summed E-state index contributed by atoms with van der Waals surface area (Å²) in [7, 11) is -4.00. The smallest absolute Gasteiger partial charge is 0.258 e. The molecular weight excluding hydrogens is 303 g/mol. The molecule has 0 amide bonds. The Labute approximate surface area is 118 Å². The van der Waals surface area contributed by atoms with Crippen LogP contribution >= 0.6 is 0 Å². The summed E-state index contributed by atoms with van der Waals surface area (Å²) >= 11 is 0. The molecule has 8 nitrogen and oxygen atoms in total. The molecule has 0 saturated carbocycles. The van der Waals surface area contributed by atoms with Crippen LogP contribution < -0.4 is 4.72 Å². The summed E-state index contributed by atoms with van der Waals surface area (Å²) in [6, 6.07) is 5.50. The molecule has 110 valence electrons. The van der Waals surface area contributed by atoms with E-state index in [1.54, 1.807) is 12.1 Å². The summed E-state index contributed by atoms with van der Waals surface area (Å²) in [6.45, 7) is -0.130. The molecule has 1 N–H and O–H groups in total. The normalized spacial score (nSPS) is 11.3. The Bertz CT molecular complexity index is 767. The van der Waals surface area contributed by atoms with E-state index < -0.39 is 31.3 Å². The van der Waals surface area contributed by atoms with Gasteiger partial charge in [0.1, 0.15) is 0 Å². The molecule has 0 spiro atoms. The SMILES string of the molecule is O=[N+]([O-])c1ccc(S(=O)(=O)NCc2cccnn2)cc1F. The van der Waals surface area contributed by atoms with Gasteiger partial charge in [0, 0.05) is 18.3 Å². The van der Waals surface area contributed by atoms with Crippen molar-refractivity contribution in [3.63, 3.8) is 0 Å². The third-order valence-corrected chi connectivity index (χ3v) is 3.90. The highest BCUT2D eigenvalue weighted by Crippen LogP contribution is 2.20. The second-order valence-electron chi connectivity index (χ2n) is 3.91. The minimum atomic E-state index is -4.00. The molecule has 2 rings (SSSR count). The van der Waals surface area contributed by atoms with Gasteiger partial charge in [0.15, 0.2) is 0 Å². The second-order valence-corrected chi connectivity index (χ2v) is 5.68. The molecule has 10 heteroatoms. The van der Waals surface area contributed by atoms with E-state index in [4.69, 9.17) is 0 Å². The van der Waals surface area contributed by atoms with Gasteiger partial charge >= 0.3 is 5.69 Å². The van der Waals surface area contributed by atoms with E-state index in [1.165, 1.54) is 6.20 Å². The fourth-order valence-electron chi connectivity index (χ4n) is 1.48. The lowest BCUT2D eigenvalue weighted by atomic mass is 10.3. The van der Waals surface area contributed by atoms with Crippen LogP contribution in [0.15, 0.2) is 41.4 Å². The fraction of sp³-hybridized carbons (Fsp3) is 0.0909. The molecule has 1 heterocycles. The van der Waals surface area contributed by atoms with Gasteiger partial charge in [0.05, 0.1) is 22.1 Å². The summed E-state index contributed by atoms with van der Waals surface area (Å²) in [6.07, 6.45) is 1.43. The Morgan fingerprint density at radius 2 is 2.10 bits per heavy atom. The van der Waals surface area contributed by atoms with E-state index in [-0.39, 0.29) is 6.54 Å². The number of nitrogens with zero attached hydrogens (tertiary/aromatic N) is 3. The van der Waals surface area contributed by atoms with Gasteiger partial charge < -0.3 is 0 Å². The summed E-state index contributed by atoms with van der Waals surface area (Å²) < 4.78 is 39.5. The van der Waals surface area contributed by atoms with E-state index in [2.05, 4.69) is 14.9 Å². The average molecular weight is 312 g/mol. The van der Waals surface area contributed by atoms with Crippen molar-refractivity contribution < 1.29 is 17.7 Å². The molecule has 2 aromatic rings. The zero-order valence-corrected chi connectivity index (χ0v) is 11.2. The van der Waals surface area contributed by atoms with Gasteiger partial charge in [0.25, 0.3) is 0 Å². The van der Waals surface area contributed by atoms with E-state index in [1.807, 2.05) is 0 Å². The van der Waals surface area contributed by atoms with Crippen molar-refractivity contribution in [3.8, 4) is 0 Å². The van der Waals surface area contributed by atoms with Crippen LogP contribution in [0.25, 0.3) is 0 Å². The van der Waals surface area contributed by atoms with Gasteiger partial charge in [0.2, 0.25) is 15.8 Å². The molecule has 0 aliphatic carbocycles. The van der Waals surface area contributed by atoms with E-state index >= 15 is 0 Å². The van der Waals surface area contributed by atoms with Crippen LogP contribution in [-0.2, 0) is 16.6 Å². The number of nitrogens with one attached hydrogen (secondary N) is 1. The van der Waals surface area contributed by atoms with Crippen LogP contribution in [-0.4, -0.2) is 23.5 Å². The van der Waals surface area contributed by atoms with Gasteiger partial charge in [-0.05, 0) is 18.2 Å². The topological polar surface area (TPSA) is 115 Å². The molecule has 0 aliphatic rings. The first-order chi connectivity index (χ1) is 9.90. The number of hydrogen-bond acceptors (Lipinski definition) is 6. The summed E-state index contributed by atoms with van der Waals surface area (Å²) in [5.41, 5.74) is -0.411. The number of rotatable bonds is 5. The van der Waals surface area contributed by atoms with Crippen molar-refractivity contribution in [2.24, 2.45) is 0 Å². The zero-order chi connectivity index (χ0) is 15.5. The van der Waals surface area contributed by atoms with Gasteiger partial charge in [-0.1, -0.05) is 0 Å². The van der Waals surface area contributed by atoms with Crippen LogP contribution in [0.1, 0.15) is 5.69 Å². The molecule has 21 heavy (non-hydrogen) atoms. The standard InChI is InChI=1S/C11H9FN4O4S/c12-10-6-9(3-4-11(10)16(17)18)21(19,20)14-7-8-2-1-5-13-15-8/h1-6,14H,7H2. The van der Waals surface area contributed by atoms with Gasteiger partial charge in [-0.15, -0.1) is 0 Å². The highest BCUT2D eigenvalue weighted by molar-refractivity contribution is 7.89. The number of sulfonamides is 1. The number of nitro groups is 1. The third kappa shape index (κ3) is 3.55. The monoisotopic (exact) mass is 312 g/mol. The van der Waals surface area contributed by atoms with Crippen molar-refractivity contribution in [1.82, 2.24) is 14.9 Å². The number of benzene rings is 1. The van der Waals surface area contributed by atoms with Gasteiger partial charge in [-0.3, -0.25) is 10.1 Å². The lowest BCUT2D eigenvalue weighted by molar-refractivity contribution is -0.387. The summed E-state index contributed by atoms with van der Waals surface area (Å²) in [5, 5.41) is 17.8. The Hall–Kier alpha value is -2.46. The Kier molecular flexibility index (Phi) is 4.19. The molecule has 0 radical (unpaired) electrons. The summed E-state index contributed by atoms with van der Waals surface area (Å²) in [5.74, 6) is -1.22. The molecule has 1 aromatic carbocycles. The lowest BCUT2D eigenvalue weighted by Crippen LogP contribution is -2.24. The maximum Gasteiger partial charge on any atom is 0.304 e. The van der Waals surface area contributed by atoms with Crippen molar-refractivity contribution in [2.75, 3.05) is 0 Å². The predicted octanol–water partition coefficient (Wildman–Crippen LogP) is 1.00. The Balaban J connectivity index is 2.20. The average Bonchev–Trinajstić information content (AvgIpc) is 2.46. The van der Waals surface area contributed by atoms with Crippen LogP contribution in [0.3, 0.4) is 0 Å². The molecule has 0 aliphatic heterocycles. The van der Waals surface area contributed by atoms with E-state index in [9.17, 15) is 22.9 Å². The van der Waals surface area contributed by atoms with Crippen LogP contribution in [0, 0.1) is 15.9 Å². The molecule has 1 aromatic heterocycles. The van der Waals surface area contributed by atoms with Crippen molar-refractivity contribution >= 4 is 15.7 Å². The molecular formula is C11H9FN4O4S. The maximum atomic E-state index is 13.4. The quantitative estimate of drug-likeness (QED) is 0.650. The minimum absolute atomic E-state index is 0.130. The number of aromatic nitrogens is 2. The van der Waals surface area contributed by atoms with Crippen molar-refractivity contribution in [3.05, 3.63) is 58.2 Å². The van der Waals surface area contributed by atoms with Gasteiger partial charge in [-0.2, -0.15) is 14.6 Å². The van der Waals surface area contributed by atoms with Crippen molar-refractivity contribution in [2.45, 2.75) is 11.4 Å². The number of nitro benzene ring substituents is 1. The van der Waals surface area contributed by atoms with Crippen LogP contribution in [0.5, 0.6) is 0 Å². The minimum Gasteiger partial charge on any atom is -0.258 e. The number of hydrogen-bond donors (Lipinski definition) is 1.